The van der Waals surface area contributed by atoms with Crippen LogP contribution in [0, 0.1) is 23.6 Å². The first-order valence-corrected chi connectivity index (χ1v) is 14.6. The Labute approximate surface area is 245 Å². The van der Waals surface area contributed by atoms with Gasteiger partial charge in [-0.3, -0.25) is 9.89 Å². The summed E-state index contributed by atoms with van der Waals surface area (Å²) in [6.07, 6.45) is 2.91. The van der Waals surface area contributed by atoms with Gasteiger partial charge in [0, 0.05) is 49.9 Å². The summed E-state index contributed by atoms with van der Waals surface area (Å²) in [6.45, 7) is 2.37. The molecule has 2 atom stereocenters. The fourth-order valence-corrected chi connectivity index (χ4v) is 6.38. The van der Waals surface area contributed by atoms with Gasteiger partial charge in [0.2, 0.25) is 11.9 Å². The van der Waals surface area contributed by atoms with Crippen LogP contribution in [-0.4, -0.2) is 57.2 Å². The van der Waals surface area contributed by atoms with Crippen molar-refractivity contribution in [1.82, 2.24) is 25.1 Å². The fourth-order valence-electron chi connectivity index (χ4n) is 6.28. The van der Waals surface area contributed by atoms with Gasteiger partial charge in [-0.15, -0.1) is 0 Å². The van der Waals surface area contributed by atoms with Gasteiger partial charge in [-0.05, 0) is 55.1 Å². The molecule has 0 radical (unpaired) electrons. The van der Waals surface area contributed by atoms with E-state index in [2.05, 4.69) is 25.1 Å². The maximum absolute atomic E-state index is 14.8. The Kier molecular flexibility index (Phi) is 7.99. The number of ether oxygens (including phenoxy) is 1. The molecule has 3 aromatic rings. The average Bonchev–Trinajstić information content (AvgIpc) is 3.60. The molecule has 1 saturated heterocycles. The molecule has 1 aliphatic carbocycles. The fraction of sp³-hybridized carbons (Fsp3) is 0.517. The Morgan fingerprint density at radius 2 is 1.90 bits per heavy atom. The number of H-pyrrole nitrogens is 1. The van der Waals surface area contributed by atoms with E-state index in [4.69, 9.17) is 16.3 Å². The van der Waals surface area contributed by atoms with Crippen molar-refractivity contribution in [2.75, 3.05) is 31.1 Å². The van der Waals surface area contributed by atoms with Crippen molar-refractivity contribution in [1.29, 1.82) is 0 Å². The van der Waals surface area contributed by atoms with E-state index in [-0.39, 0.29) is 37.1 Å². The first kappa shape index (κ1) is 28.7. The van der Waals surface area contributed by atoms with Gasteiger partial charge in [-0.2, -0.15) is 18.3 Å². The molecule has 1 N–H and O–H groups in total. The predicted octanol–water partition coefficient (Wildman–Crippen LogP) is 5.46. The molecule has 2 fully saturated rings. The highest BCUT2D eigenvalue weighted by Crippen LogP contribution is 2.50. The lowest BCUT2D eigenvalue weighted by atomic mass is 9.90. The lowest BCUT2D eigenvalue weighted by molar-refractivity contribution is -0.143. The van der Waals surface area contributed by atoms with Gasteiger partial charge in [0.25, 0.3) is 0 Å². The highest BCUT2D eigenvalue weighted by molar-refractivity contribution is 6.30. The van der Waals surface area contributed by atoms with Gasteiger partial charge in [-0.1, -0.05) is 17.7 Å². The zero-order chi connectivity index (χ0) is 29.4. The number of carbonyl (C=O) groups is 1. The monoisotopic (exact) mass is 606 g/mol. The van der Waals surface area contributed by atoms with Gasteiger partial charge in [0.05, 0.1) is 30.4 Å². The minimum absolute atomic E-state index is 0.0257. The van der Waals surface area contributed by atoms with Crippen LogP contribution in [0.3, 0.4) is 0 Å². The number of nitrogens with zero attached hydrogens (tertiary/aromatic N) is 5. The molecule has 8 nitrogen and oxygen atoms in total. The molecule has 224 valence electrons. The maximum Gasteiger partial charge on any atom is 0.435 e. The topological polar surface area (TPSA) is 87.2 Å². The van der Waals surface area contributed by atoms with Crippen LogP contribution >= 0.6 is 11.6 Å². The number of benzene rings is 1. The molecule has 42 heavy (non-hydrogen) atoms. The first-order chi connectivity index (χ1) is 20.2. The molecular weight excluding hydrogens is 576 g/mol. The number of fused-ring (bicyclic) bond motifs is 1. The van der Waals surface area contributed by atoms with Crippen LogP contribution in [0.15, 0.2) is 30.6 Å². The molecule has 3 aliphatic rings. The lowest BCUT2D eigenvalue weighted by Crippen LogP contribution is -2.37. The van der Waals surface area contributed by atoms with Crippen LogP contribution in [0.5, 0.6) is 5.75 Å². The molecule has 0 unspecified atom stereocenters. The van der Waals surface area contributed by atoms with Crippen LogP contribution in [-0.2, 0) is 30.4 Å². The van der Waals surface area contributed by atoms with E-state index in [1.165, 1.54) is 23.5 Å². The van der Waals surface area contributed by atoms with Crippen LogP contribution in [0.4, 0.5) is 23.5 Å². The van der Waals surface area contributed by atoms with E-state index in [0.29, 0.717) is 40.8 Å². The third-order valence-corrected chi connectivity index (χ3v) is 8.89. The van der Waals surface area contributed by atoms with E-state index in [0.717, 1.165) is 38.3 Å². The molecule has 4 heterocycles. The largest absolute Gasteiger partial charge is 0.493 e. The third kappa shape index (κ3) is 6.33. The first-order valence-electron chi connectivity index (χ1n) is 14.2. The Bertz CT molecular complexity index is 1420. The van der Waals surface area contributed by atoms with E-state index >= 15 is 0 Å². The van der Waals surface area contributed by atoms with Crippen molar-refractivity contribution in [2.24, 2.45) is 17.8 Å². The second-order valence-electron chi connectivity index (χ2n) is 11.3. The maximum atomic E-state index is 14.8. The molecule has 1 aromatic carbocycles. The summed E-state index contributed by atoms with van der Waals surface area (Å²) in [5.41, 5.74) is -0.470. The number of aromatic amines is 1. The standard InChI is InChI=1S/C29H31ClF4N6O2/c30-20-14-35-28(36-15-20)39-7-3-17(4-8-39)22-11-18(22)6-10-42-21-2-1-19(24(31)13-21)12-26(41)40-9-5-25-23(16-40)27(38-37-25)29(32,33)34/h1-2,13-15,17-18,22H,3-12,16H2,(H,37,38)/t18-,22-/m1/s1. The molecule has 13 heteroatoms. The van der Waals surface area contributed by atoms with Gasteiger partial charge in [0.1, 0.15) is 11.6 Å². The molecule has 6 rings (SSSR count). The van der Waals surface area contributed by atoms with Crippen molar-refractivity contribution in [3.8, 4) is 5.75 Å². The van der Waals surface area contributed by atoms with E-state index in [9.17, 15) is 22.4 Å². The quantitative estimate of drug-likeness (QED) is 0.343. The summed E-state index contributed by atoms with van der Waals surface area (Å²) in [5.74, 6) is 2.08. The highest BCUT2D eigenvalue weighted by atomic mass is 35.5. The zero-order valence-electron chi connectivity index (χ0n) is 22.8. The van der Waals surface area contributed by atoms with Gasteiger partial charge in [-0.25, -0.2) is 14.4 Å². The summed E-state index contributed by atoms with van der Waals surface area (Å²) in [4.78, 5) is 25.0. The summed E-state index contributed by atoms with van der Waals surface area (Å²) >= 11 is 5.89. The molecule has 0 spiro atoms. The molecule has 1 saturated carbocycles. The van der Waals surface area contributed by atoms with Gasteiger partial charge < -0.3 is 14.5 Å². The second-order valence-corrected chi connectivity index (χ2v) is 11.8. The average molecular weight is 607 g/mol. The SMILES string of the molecule is O=C(Cc1ccc(OCC[C@@H]2C[C@@H]2C2CCN(c3ncc(Cl)cn3)CC2)cc1F)N1CCc2[nH]nc(C(F)(F)F)c2C1. The van der Waals surface area contributed by atoms with E-state index in [1.807, 2.05) is 0 Å². The van der Waals surface area contributed by atoms with Gasteiger partial charge in [0.15, 0.2) is 5.69 Å². The van der Waals surface area contributed by atoms with Crippen LogP contribution in [0.25, 0.3) is 0 Å². The lowest BCUT2D eigenvalue weighted by Gasteiger charge is -2.32. The van der Waals surface area contributed by atoms with Crippen molar-refractivity contribution in [3.63, 3.8) is 0 Å². The molecular formula is C29H31ClF4N6O2. The van der Waals surface area contributed by atoms with E-state index < -0.39 is 23.6 Å². The number of hydrogen-bond donors (Lipinski definition) is 1. The van der Waals surface area contributed by atoms with Crippen molar-refractivity contribution in [3.05, 3.63) is 63.9 Å². The van der Waals surface area contributed by atoms with Crippen molar-refractivity contribution >= 4 is 23.5 Å². The molecule has 1 amide bonds. The number of amides is 1. The zero-order valence-corrected chi connectivity index (χ0v) is 23.6. The Morgan fingerprint density at radius 3 is 2.62 bits per heavy atom. The summed E-state index contributed by atoms with van der Waals surface area (Å²) < 4.78 is 60.4. The Hall–Kier alpha value is -3.41. The number of alkyl halides is 3. The second kappa shape index (κ2) is 11.7. The number of rotatable bonds is 8. The summed E-state index contributed by atoms with van der Waals surface area (Å²) in [5, 5.41) is 6.33. The van der Waals surface area contributed by atoms with Crippen LogP contribution in [0.2, 0.25) is 5.02 Å². The molecule has 2 aliphatic heterocycles. The molecule has 2 aromatic heterocycles. The minimum atomic E-state index is -4.61. The smallest absolute Gasteiger partial charge is 0.435 e. The normalized spacial score (nSPS) is 20.9. The number of halogens is 5. The van der Waals surface area contributed by atoms with Gasteiger partial charge >= 0.3 is 6.18 Å². The number of piperidine rings is 1. The number of nitrogens with one attached hydrogen (secondary N) is 1. The Morgan fingerprint density at radius 1 is 1.14 bits per heavy atom. The number of carbonyl (C=O) groups excluding carboxylic acids is 1. The summed E-state index contributed by atoms with van der Waals surface area (Å²) in [6, 6.07) is 4.42. The minimum Gasteiger partial charge on any atom is -0.493 e. The summed E-state index contributed by atoms with van der Waals surface area (Å²) in [7, 11) is 0. The van der Waals surface area contributed by atoms with Crippen molar-refractivity contribution < 1.29 is 27.1 Å². The molecule has 0 bridgehead atoms. The van der Waals surface area contributed by atoms with Crippen LogP contribution in [0.1, 0.15) is 48.2 Å². The third-order valence-electron chi connectivity index (χ3n) is 8.69. The number of hydrogen-bond acceptors (Lipinski definition) is 6. The highest BCUT2D eigenvalue weighted by Gasteiger charge is 2.43. The predicted molar refractivity (Wildman–Crippen MR) is 147 cm³/mol. The Balaban J connectivity index is 0.939. The number of aromatic nitrogens is 4. The number of anilines is 1. The van der Waals surface area contributed by atoms with E-state index in [1.54, 1.807) is 18.5 Å². The van der Waals surface area contributed by atoms with Crippen LogP contribution < -0.4 is 9.64 Å². The van der Waals surface area contributed by atoms with Crippen molar-refractivity contribution in [2.45, 2.75) is 51.2 Å².